The van der Waals surface area contributed by atoms with E-state index >= 15 is 0 Å². The number of halogens is 1. The molecule has 0 spiro atoms. The van der Waals surface area contributed by atoms with Crippen LogP contribution in [0.15, 0.2) is 77.7 Å². The molecule has 174 valence electrons. The maximum absolute atomic E-state index is 13.4. The summed E-state index contributed by atoms with van der Waals surface area (Å²) < 4.78 is 41.0. The molecule has 0 atom stereocenters. The Morgan fingerprint density at radius 2 is 1.65 bits per heavy atom. The Morgan fingerprint density at radius 1 is 0.971 bits per heavy atom. The minimum absolute atomic E-state index is 0.0806. The second-order valence-electron chi connectivity index (χ2n) is 7.35. The second kappa shape index (κ2) is 10.7. The second-order valence-corrected chi connectivity index (χ2v) is 9.28. The average Bonchev–Trinajstić information content (AvgIpc) is 2.80. The molecule has 0 unspecified atom stereocenters. The SMILES string of the molecule is CC(=O)Nc1ccc(S(=O)(=O)N(CC(=O)Nc2cccc(C#N)c2)Cc2ccc(F)cc2)cc1. The van der Waals surface area contributed by atoms with E-state index in [-0.39, 0.29) is 17.3 Å². The Bertz CT molecular complexity index is 1330. The smallest absolute Gasteiger partial charge is 0.243 e. The highest BCUT2D eigenvalue weighted by atomic mass is 32.2. The lowest BCUT2D eigenvalue weighted by molar-refractivity contribution is -0.116. The van der Waals surface area contributed by atoms with Crippen molar-refractivity contribution in [1.82, 2.24) is 4.31 Å². The molecule has 3 aromatic carbocycles. The fraction of sp³-hybridized carbons (Fsp3) is 0.125. The number of nitrogens with zero attached hydrogens (tertiary/aromatic N) is 2. The van der Waals surface area contributed by atoms with Gasteiger partial charge >= 0.3 is 0 Å². The monoisotopic (exact) mass is 480 g/mol. The lowest BCUT2D eigenvalue weighted by Crippen LogP contribution is -2.37. The van der Waals surface area contributed by atoms with Crippen LogP contribution in [0.3, 0.4) is 0 Å². The Morgan fingerprint density at radius 3 is 2.26 bits per heavy atom. The number of nitriles is 1. The fourth-order valence-corrected chi connectivity index (χ4v) is 4.49. The Hall–Kier alpha value is -4.07. The van der Waals surface area contributed by atoms with E-state index in [0.717, 1.165) is 4.31 Å². The molecule has 8 nitrogen and oxygen atoms in total. The van der Waals surface area contributed by atoms with Gasteiger partial charge in [-0.2, -0.15) is 9.57 Å². The molecule has 0 bridgehead atoms. The number of carbonyl (C=O) groups is 2. The molecular weight excluding hydrogens is 459 g/mol. The summed E-state index contributed by atoms with van der Waals surface area (Å²) >= 11 is 0. The quantitative estimate of drug-likeness (QED) is 0.512. The van der Waals surface area contributed by atoms with E-state index in [0.29, 0.717) is 22.5 Å². The Balaban J connectivity index is 1.87. The van der Waals surface area contributed by atoms with Gasteiger partial charge in [0.2, 0.25) is 21.8 Å². The molecule has 0 aromatic heterocycles. The van der Waals surface area contributed by atoms with Crippen LogP contribution in [0.2, 0.25) is 0 Å². The summed E-state index contributed by atoms with van der Waals surface area (Å²) in [5.41, 5.74) is 1.60. The summed E-state index contributed by atoms with van der Waals surface area (Å²) in [6.45, 7) is 0.631. The predicted octanol–water partition coefficient (Wildman–Crippen LogP) is 3.49. The molecular formula is C24H21FN4O4S. The van der Waals surface area contributed by atoms with E-state index < -0.39 is 28.3 Å². The summed E-state index contributed by atoms with van der Waals surface area (Å²) in [6.07, 6.45) is 0. The first-order valence-electron chi connectivity index (χ1n) is 10.1. The van der Waals surface area contributed by atoms with Gasteiger partial charge in [-0.25, -0.2) is 12.8 Å². The van der Waals surface area contributed by atoms with Crippen molar-refractivity contribution in [2.24, 2.45) is 0 Å². The third kappa shape index (κ3) is 6.48. The molecule has 2 amide bonds. The largest absolute Gasteiger partial charge is 0.326 e. The molecule has 2 N–H and O–H groups in total. The van der Waals surface area contributed by atoms with Gasteiger partial charge < -0.3 is 10.6 Å². The van der Waals surface area contributed by atoms with Gasteiger partial charge in [-0.1, -0.05) is 18.2 Å². The first-order valence-corrected chi connectivity index (χ1v) is 11.5. The molecule has 0 heterocycles. The first kappa shape index (κ1) is 24.6. The number of anilines is 2. The van der Waals surface area contributed by atoms with Crippen molar-refractivity contribution in [3.63, 3.8) is 0 Å². The summed E-state index contributed by atoms with van der Waals surface area (Å²) in [7, 11) is -4.14. The van der Waals surface area contributed by atoms with Crippen molar-refractivity contribution in [3.8, 4) is 6.07 Å². The molecule has 0 radical (unpaired) electrons. The molecule has 0 fully saturated rings. The normalized spacial score (nSPS) is 11.0. The number of carbonyl (C=O) groups excluding carboxylic acids is 2. The van der Waals surface area contributed by atoms with Gasteiger partial charge in [0.05, 0.1) is 23.1 Å². The van der Waals surface area contributed by atoms with Gasteiger partial charge in [-0.05, 0) is 60.2 Å². The summed E-state index contributed by atoms with van der Waals surface area (Å²) in [5, 5.41) is 14.2. The third-order valence-electron chi connectivity index (χ3n) is 4.68. The minimum atomic E-state index is -4.14. The number of nitrogens with one attached hydrogen (secondary N) is 2. The predicted molar refractivity (Wildman–Crippen MR) is 125 cm³/mol. The molecule has 34 heavy (non-hydrogen) atoms. The zero-order valence-corrected chi connectivity index (χ0v) is 19.0. The molecule has 3 aromatic rings. The van der Waals surface area contributed by atoms with Crippen LogP contribution < -0.4 is 10.6 Å². The average molecular weight is 481 g/mol. The molecule has 3 rings (SSSR count). The number of amides is 2. The first-order chi connectivity index (χ1) is 16.2. The lowest BCUT2D eigenvalue weighted by Gasteiger charge is -2.22. The van der Waals surface area contributed by atoms with Crippen LogP contribution in [0.1, 0.15) is 18.1 Å². The van der Waals surface area contributed by atoms with Crippen molar-refractivity contribution in [1.29, 1.82) is 5.26 Å². The molecule has 0 aliphatic carbocycles. The Labute approximate surface area is 196 Å². The zero-order valence-electron chi connectivity index (χ0n) is 18.2. The van der Waals surface area contributed by atoms with E-state index in [2.05, 4.69) is 10.6 Å². The van der Waals surface area contributed by atoms with Gasteiger partial charge in [-0.15, -0.1) is 0 Å². The summed E-state index contributed by atoms with van der Waals surface area (Å²) in [4.78, 5) is 23.8. The van der Waals surface area contributed by atoms with Crippen LogP contribution in [-0.2, 0) is 26.2 Å². The maximum atomic E-state index is 13.4. The van der Waals surface area contributed by atoms with Crippen LogP contribution in [0, 0.1) is 17.1 Å². The van der Waals surface area contributed by atoms with E-state index in [1.165, 1.54) is 61.5 Å². The topological polar surface area (TPSA) is 119 Å². The van der Waals surface area contributed by atoms with Gasteiger partial charge in [-0.3, -0.25) is 9.59 Å². The fourth-order valence-electron chi connectivity index (χ4n) is 3.11. The number of hydrogen-bond acceptors (Lipinski definition) is 5. The van der Waals surface area contributed by atoms with Crippen molar-refractivity contribution in [3.05, 3.63) is 89.7 Å². The van der Waals surface area contributed by atoms with E-state index in [4.69, 9.17) is 5.26 Å². The van der Waals surface area contributed by atoms with Gasteiger partial charge in [0.15, 0.2) is 0 Å². The van der Waals surface area contributed by atoms with E-state index in [1.807, 2.05) is 6.07 Å². The van der Waals surface area contributed by atoms with Crippen LogP contribution in [0.4, 0.5) is 15.8 Å². The lowest BCUT2D eigenvalue weighted by atomic mass is 10.2. The third-order valence-corrected chi connectivity index (χ3v) is 6.49. The number of hydrogen-bond donors (Lipinski definition) is 2. The summed E-state index contributed by atoms with van der Waals surface area (Å²) in [5.74, 6) is -1.39. The van der Waals surface area contributed by atoms with Gasteiger partial charge in [0.25, 0.3) is 0 Å². The van der Waals surface area contributed by atoms with Crippen LogP contribution >= 0.6 is 0 Å². The van der Waals surface area contributed by atoms with Crippen LogP contribution in [0.25, 0.3) is 0 Å². The van der Waals surface area contributed by atoms with Crippen LogP contribution in [0.5, 0.6) is 0 Å². The molecule has 0 aliphatic heterocycles. The van der Waals surface area contributed by atoms with E-state index in [9.17, 15) is 22.4 Å². The number of sulfonamides is 1. The van der Waals surface area contributed by atoms with Gasteiger partial charge in [0, 0.05) is 24.8 Å². The highest BCUT2D eigenvalue weighted by Gasteiger charge is 2.27. The van der Waals surface area contributed by atoms with Crippen molar-refractivity contribution >= 4 is 33.2 Å². The zero-order chi connectivity index (χ0) is 24.7. The van der Waals surface area contributed by atoms with Crippen molar-refractivity contribution in [2.75, 3.05) is 17.2 Å². The van der Waals surface area contributed by atoms with Gasteiger partial charge in [0.1, 0.15) is 5.82 Å². The molecule has 0 saturated carbocycles. The minimum Gasteiger partial charge on any atom is -0.326 e. The highest BCUT2D eigenvalue weighted by Crippen LogP contribution is 2.21. The van der Waals surface area contributed by atoms with Crippen molar-refractivity contribution in [2.45, 2.75) is 18.4 Å². The van der Waals surface area contributed by atoms with Crippen molar-refractivity contribution < 1.29 is 22.4 Å². The number of benzene rings is 3. The molecule has 10 heteroatoms. The molecule has 0 saturated heterocycles. The number of rotatable bonds is 8. The van der Waals surface area contributed by atoms with E-state index in [1.54, 1.807) is 18.2 Å². The van der Waals surface area contributed by atoms with Crippen LogP contribution in [-0.4, -0.2) is 31.1 Å². The summed E-state index contributed by atoms with van der Waals surface area (Å²) in [6, 6.07) is 19.0. The maximum Gasteiger partial charge on any atom is 0.243 e. The molecule has 0 aliphatic rings. The Kier molecular flexibility index (Phi) is 7.73. The standard InChI is InChI=1S/C24H21FN4O4S/c1-17(30)27-21-9-11-23(12-10-21)34(32,33)29(15-18-5-7-20(25)8-6-18)16-24(31)28-22-4-2-3-19(13-22)14-26/h2-13H,15-16H2,1H3,(H,27,30)(H,28,31). The highest BCUT2D eigenvalue weighted by molar-refractivity contribution is 7.89.